The Morgan fingerprint density at radius 3 is 1.65 bits per heavy atom. The monoisotopic (exact) mass is 819 g/mol. The van der Waals surface area contributed by atoms with Crippen molar-refractivity contribution in [3.05, 3.63) is 102 Å². The van der Waals surface area contributed by atoms with Crippen LogP contribution < -0.4 is 32.0 Å². The zero-order chi connectivity index (χ0) is 41.4. The molecule has 0 spiro atoms. The van der Waals surface area contributed by atoms with E-state index in [1.165, 1.54) is 32.3 Å². The molecular formula is C37H43Cl2N13O5. The minimum absolute atomic E-state index is 0.00263. The third-order valence-corrected chi connectivity index (χ3v) is 8.97. The predicted molar refractivity (Wildman–Crippen MR) is 218 cm³/mol. The molecule has 4 heterocycles. The highest BCUT2D eigenvalue weighted by molar-refractivity contribution is 6.18. The fourth-order valence-electron chi connectivity index (χ4n) is 5.91. The molecule has 0 aliphatic rings. The van der Waals surface area contributed by atoms with Crippen LogP contribution in [0.2, 0.25) is 0 Å². The van der Waals surface area contributed by atoms with E-state index in [9.17, 15) is 24.0 Å². The number of benzene rings is 1. The molecule has 0 aliphatic heterocycles. The molecule has 0 saturated carbocycles. The summed E-state index contributed by atoms with van der Waals surface area (Å²) in [6.45, 7) is 0.782. The number of amides is 5. The third-order valence-electron chi connectivity index (χ3n) is 8.63. The molecular weight excluding hydrogens is 777 g/mol. The van der Waals surface area contributed by atoms with Crippen molar-refractivity contribution in [2.75, 3.05) is 52.4 Å². The summed E-state index contributed by atoms with van der Waals surface area (Å²) in [5, 5.41) is 21.3. The van der Waals surface area contributed by atoms with Gasteiger partial charge < -0.3 is 45.3 Å². The van der Waals surface area contributed by atoms with Crippen LogP contribution in [0.5, 0.6) is 0 Å². The van der Waals surface area contributed by atoms with E-state index < -0.39 is 17.7 Å². The van der Waals surface area contributed by atoms with Gasteiger partial charge >= 0.3 is 0 Å². The predicted octanol–water partition coefficient (Wildman–Crippen LogP) is 3.59. The van der Waals surface area contributed by atoms with Crippen molar-refractivity contribution >= 4 is 81.5 Å². The van der Waals surface area contributed by atoms with Crippen molar-refractivity contribution in [2.24, 2.45) is 33.9 Å². The number of carbonyl (C=O) groups is 5. The minimum Gasteiger partial charge on any atom is -0.388 e. The maximum Gasteiger partial charge on any atom is 0.291 e. The quantitative estimate of drug-likeness (QED) is 0.0351. The van der Waals surface area contributed by atoms with E-state index in [-0.39, 0.29) is 65.4 Å². The van der Waals surface area contributed by atoms with Crippen molar-refractivity contribution in [3.63, 3.8) is 0 Å². The van der Waals surface area contributed by atoms with E-state index in [1.807, 2.05) is 0 Å². The van der Waals surface area contributed by atoms with Gasteiger partial charge in [-0.2, -0.15) is 0 Å². The van der Waals surface area contributed by atoms with Gasteiger partial charge in [0, 0.05) is 96.4 Å². The number of nitrogens with two attached hydrogens (primary N) is 1. The molecule has 1 aromatic carbocycles. The lowest BCUT2D eigenvalue weighted by atomic mass is 10.2. The lowest BCUT2D eigenvalue weighted by Gasteiger charge is -2.32. The maximum absolute atomic E-state index is 13.7. The molecule has 5 amide bonds. The topological polar surface area (TPSA) is 222 Å². The van der Waals surface area contributed by atoms with Gasteiger partial charge in [0.05, 0.1) is 22.9 Å². The van der Waals surface area contributed by atoms with E-state index in [1.54, 1.807) is 97.5 Å². The van der Waals surface area contributed by atoms with Crippen molar-refractivity contribution in [1.29, 1.82) is 5.41 Å². The molecule has 0 aliphatic carbocycles. The van der Waals surface area contributed by atoms with E-state index >= 15 is 0 Å². The average molecular weight is 821 g/mol. The molecule has 20 heteroatoms. The molecule has 0 unspecified atom stereocenters. The maximum atomic E-state index is 13.7. The summed E-state index contributed by atoms with van der Waals surface area (Å²) < 4.78 is 6.12. The molecule has 300 valence electrons. The van der Waals surface area contributed by atoms with Gasteiger partial charge in [0.15, 0.2) is 5.82 Å². The lowest BCUT2D eigenvalue weighted by Crippen LogP contribution is -2.49. The Morgan fingerprint density at radius 2 is 1.18 bits per heavy atom. The Labute approximate surface area is 338 Å². The summed E-state index contributed by atoms with van der Waals surface area (Å²) in [5.74, 6) is -1.77. The zero-order valence-corrected chi connectivity index (χ0v) is 33.2. The number of aromatic nitrogens is 5. The average Bonchev–Trinajstić information content (AvgIpc) is 3.93. The summed E-state index contributed by atoms with van der Waals surface area (Å²) in [6, 6.07) is 13.2. The molecule has 18 nitrogen and oxygen atoms in total. The Balaban J connectivity index is 1.26. The minimum atomic E-state index is -0.590. The van der Waals surface area contributed by atoms with Gasteiger partial charge in [0.2, 0.25) is 5.82 Å². The van der Waals surface area contributed by atoms with Gasteiger partial charge in [0.1, 0.15) is 17.1 Å². The first kappa shape index (κ1) is 41.8. The second-order valence-electron chi connectivity index (χ2n) is 12.9. The molecule has 5 rings (SSSR count). The second-order valence-corrected chi connectivity index (χ2v) is 13.7. The van der Waals surface area contributed by atoms with Crippen molar-refractivity contribution in [3.8, 4) is 0 Å². The van der Waals surface area contributed by atoms with Gasteiger partial charge in [-0.05, 0) is 30.3 Å². The van der Waals surface area contributed by atoms with Gasteiger partial charge in [0.25, 0.3) is 29.5 Å². The van der Waals surface area contributed by atoms with Crippen LogP contribution in [-0.4, -0.2) is 95.0 Å². The molecule has 57 heavy (non-hydrogen) atoms. The van der Waals surface area contributed by atoms with Crippen molar-refractivity contribution in [2.45, 2.75) is 6.42 Å². The van der Waals surface area contributed by atoms with Crippen LogP contribution in [0.25, 0.3) is 0 Å². The summed E-state index contributed by atoms with van der Waals surface area (Å²) in [5.41, 5.74) is 7.51. The number of rotatable bonds is 17. The molecule has 7 N–H and O–H groups in total. The van der Waals surface area contributed by atoms with Crippen LogP contribution in [0, 0.1) is 5.41 Å². The molecule has 0 atom stereocenters. The van der Waals surface area contributed by atoms with E-state index in [0.29, 0.717) is 41.4 Å². The summed E-state index contributed by atoms with van der Waals surface area (Å²) in [7, 11) is 6.57. The Morgan fingerprint density at radius 1 is 0.702 bits per heavy atom. The number of nitrogens with zero attached hydrogens (tertiary/aromatic N) is 7. The number of imidazole rings is 1. The van der Waals surface area contributed by atoms with Crippen LogP contribution >= 0.6 is 23.2 Å². The number of carbonyl (C=O) groups excluding carboxylic acids is 5. The van der Waals surface area contributed by atoms with Crippen LogP contribution in [0.15, 0.2) is 73.3 Å². The number of aryl methyl sites for hydroxylation is 4. The second kappa shape index (κ2) is 18.5. The van der Waals surface area contributed by atoms with Gasteiger partial charge in [-0.1, -0.05) is 18.2 Å². The lowest BCUT2D eigenvalue weighted by molar-refractivity contribution is 0.0899. The largest absolute Gasteiger partial charge is 0.388 e. The first-order valence-corrected chi connectivity index (χ1v) is 18.6. The standard InChI is InChI=1S/C37H43Cl2N13O5/c1-47-19-24(16-27(47)33(53)42-13-10-30(40)41)43-34(54)28-17-25(20-48(28)2)44-35(55)29-18-26(21-49(29)3)45-36(56)32-46-31(22-50(32)4)52(51(14-11-38)15-12-39)37(57)23-8-6-5-7-9-23/h5-9,16-22H,10-15H2,1-4H3,(H3,40,41)(H,42,53)(H,43,54)(H,44,55)(H,45,56). The highest BCUT2D eigenvalue weighted by atomic mass is 35.5. The summed E-state index contributed by atoms with van der Waals surface area (Å²) in [4.78, 5) is 70.9. The fraction of sp³-hybridized carbons (Fsp3) is 0.270. The summed E-state index contributed by atoms with van der Waals surface area (Å²) in [6.07, 6.45) is 6.49. The first-order valence-electron chi connectivity index (χ1n) is 17.5. The van der Waals surface area contributed by atoms with Crippen LogP contribution in [0.1, 0.15) is 58.9 Å². The number of hydrogen-bond donors (Lipinski definition) is 6. The molecule has 4 aromatic heterocycles. The smallest absolute Gasteiger partial charge is 0.291 e. The number of alkyl halides is 2. The molecule has 0 bridgehead atoms. The Hall–Kier alpha value is -6.37. The normalized spacial score (nSPS) is 11.0. The van der Waals surface area contributed by atoms with E-state index in [2.05, 4.69) is 26.3 Å². The molecule has 0 saturated heterocycles. The SMILES string of the molecule is Cn1cc(NC(=O)c2cc(NC(=O)c3cc(NC(=O)c4nc(N(C(=O)c5ccccc5)N(CCCl)CCCl)cn4C)cn3C)cn2C)cc1C(=O)NCCC(=N)N. The van der Waals surface area contributed by atoms with Gasteiger partial charge in [-0.3, -0.25) is 29.4 Å². The third kappa shape index (κ3) is 10.1. The first-order chi connectivity index (χ1) is 27.2. The highest BCUT2D eigenvalue weighted by Gasteiger charge is 2.29. The number of amidine groups is 1. The fourth-order valence-corrected chi connectivity index (χ4v) is 6.30. The van der Waals surface area contributed by atoms with Crippen LogP contribution in [0.3, 0.4) is 0 Å². The summed E-state index contributed by atoms with van der Waals surface area (Å²) >= 11 is 12.1. The highest BCUT2D eigenvalue weighted by Crippen LogP contribution is 2.23. The number of hydrogen-bond acceptors (Lipinski definition) is 8. The number of halogens is 2. The van der Waals surface area contributed by atoms with E-state index in [4.69, 9.17) is 34.3 Å². The molecule has 0 fully saturated rings. The van der Waals surface area contributed by atoms with Gasteiger partial charge in [-0.25, -0.2) is 15.0 Å². The Bertz CT molecular complexity index is 2290. The Kier molecular flexibility index (Phi) is 13.6. The number of nitrogens with one attached hydrogen (secondary N) is 5. The molecule has 0 radical (unpaired) electrons. The van der Waals surface area contributed by atoms with E-state index in [0.717, 1.165) is 0 Å². The number of hydrazine groups is 1. The zero-order valence-electron chi connectivity index (χ0n) is 31.7. The van der Waals surface area contributed by atoms with Gasteiger partial charge in [-0.15, -0.1) is 23.2 Å². The van der Waals surface area contributed by atoms with Crippen LogP contribution in [-0.2, 0) is 28.2 Å². The van der Waals surface area contributed by atoms with Crippen LogP contribution in [0.4, 0.5) is 22.9 Å². The van der Waals surface area contributed by atoms with Crippen molar-refractivity contribution < 1.29 is 24.0 Å². The number of anilines is 4. The van der Waals surface area contributed by atoms with Crippen molar-refractivity contribution in [1.82, 2.24) is 33.6 Å². The molecule has 5 aromatic rings.